The summed E-state index contributed by atoms with van der Waals surface area (Å²) in [6.45, 7) is -0.183. The highest BCUT2D eigenvalue weighted by atomic mass is 16.5. The van der Waals surface area contributed by atoms with Crippen LogP contribution in [0.25, 0.3) is 11.3 Å². The molecule has 2 N–H and O–H groups in total. The van der Waals surface area contributed by atoms with Gasteiger partial charge in [0.25, 0.3) is 0 Å². The Balaban J connectivity index is 1.77. The topological polar surface area (TPSA) is 76.7 Å². The van der Waals surface area contributed by atoms with E-state index < -0.39 is 12.2 Å². The number of rotatable bonds is 4. The van der Waals surface area contributed by atoms with Gasteiger partial charge in [0.1, 0.15) is 18.1 Å². The number of methoxy groups -OCH3 is 1. The second-order valence-corrected chi connectivity index (χ2v) is 5.05. The molecule has 1 aromatic heterocycles. The molecule has 3 rings (SSSR count). The van der Waals surface area contributed by atoms with Gasteiger partial charge in [0, 0.05) is 18.2 Å². The van der Waals surface area contributed by atoms with E-state index in [2.05, 4.69) is 4.98 Å². The fourth-order valence-corrected chi connectivity index (χ4v) is 2.47. The average molecular weight is 290 g/mol. The molecule has 3 atom stereocenters. The molecule has 6 nitrogen and oxygen atoms in total. The molecule has 1 aliphatic rings. The van der Waals surface area contributed by atoms with Crippen molar-refractivity contribution in [2.75, 3.05) is 13.7 Å². The predicted octanol–water partition coefficient (Wildman–Crippen LogP) is 1.20. The van der Waals surface area contributed by atoms with Crippen LogP contribution in [0.2, 0.25) is 0 Å². The molecule has 1 aromatic carbocycles. The van der Waals surface area contributed by atoms with Crippen molar-refractivity contribution >= 4 is 0 Å². The van der Waals surface area contributed by atoms with Gasteiger partial charge in [0.05, 0.1) is 31.8 Å². The number of imidazole rings is 1. The first-order chi connectivity index (χ1) is 10.2. The summed E-state index contributed by atoms with van der Waals surface area (Å²) in [5.41, 5.74) is 1.80. The molecule has 1 aliphatic heterocycles. The molecular weight excluding hydrogens is 272 g/mol. The average Bonchev–Trinajstić information content (AvgIpc) is 3.13. The standard InChI is InChI=1S/C15H18N2O4/c1-20-11-4-2-10(3-5-11)12-7-17(9-16-12)15-6-13(19)14(8-18)21-15/h2-5,7,9,13-15,18-19H,6,8H2,1H3/t13-,14+,15+/m0/s1. The van der Waals surface area contributed by atoms with Gasteiger partial charge in [-0.25, -0.2) is 4.98 Å². The summed E-state index contributed by atoms with van der Waals surface area (Å²) in [5, 5.41) is 18.9. The highest BCUT2D eigenvalue weighted by Gasteiger charge is 2.34. The highest BCUT2D eigenvalue weighted by molar-refractivity contribution is 5.59. The summed E-state index contributed by atoms with van der Waals surface area (Å²) in [6.07, 6.45) is 2.53. The minimum Gasteiger partial charge on any atom is -0.497 e. The van der Waals surface area contributed by atoms with Crippen molar-refractivity contribution in [3.8, 4) is 17.0 Å². The molecule has 0 radical (unpaired) electrons. The molecule has 0 amide bonds. The fourth-order valence-electron chi connectivity index (χ4n) is 2.47. The molecule has 6 heteroatoms. The van der Waals surface area contributed by atoms with Crippen molar-refractivity contribution in [2.45, 2.75) is 24.9 Å². The molecule has 2 heterocycles. The van der Waals surface area contributed by atoms with E-state index in [1.165, 1.54) is 0 Å². The molecule has 0 unspecified atom stereocenters. The predicted molar refractivity (Wildman–Crippen MR) is 75.8 cm³/mol. The summed E-state index contributed by atoms with van der Waals surface area (Å²) >= 11 is 0. The van der Waals surface area contributed by atoms with Crippen molar-refractivity contribution in [1.29, 1.82) is 0 Å². The Morgan fingerprint density at radius 3 is 2.76 bits per heavy atom. The molecule has 0 aliphatic carbocycles. The summed E-state index contributed by atoms with van der Waals surface area (Å²) in [4.78, 5) is 4.36. The summed E-state index contributed by atoms with van der Waals surface area (Å²) < 4.78 is 12.5. The number of nitrogens with zero attached hydrogens (tertiary/aromatic N) is 2. The van der Waals surface area contributed by atoms with Crippen LogP contribution in [0, 0.1) is 0 Å². The normalized spacial score (nSPS) is 25.2. The van der Waals surface area contributed by atoms with Crippen molar-refractivity contribution < 1.29 is 19.7 Å². The van der Waals surface area contributed by atoms with Gasteiger partial charge in [-0.15, -0.1) is 0 Å². The third-order valence-electron chi connectivity index (χ3n) is 3.70. The van der Waals surface area contributed by atoms with Crippen molar-refractivity contribution in [2.24, 2.45) is 0 Å². The van der Waals surface area contributed by atoms with E-state index in [1.54, 1.807) is 13.4 Å². The Morgan fingerprint density at radius 1 is 1.38 bits per heavy atom. The van der Waals surface area contributed by atoms with E-state index >= 15 is 0 Å². The zero-order valence-electron chi connectivity index (χ0n) is 11.7. The first kappa shape index (κ1) is 14.1. The molecule has 21 heavy (non-hydrogen) atoms. The molecule has 0 spiro atoms. The zero-order chi connectivity index (χ0) is 14.8. The van der Waals surface area contributed by atoms with Crippen LogP contribution in [-0.2, 0) is 4.74 Å². The van der Waals surface area contributed by atoms with E-state index in [-0.39, 0.29) is 12.8 Å². The van der Waals surface area contributed by atoms with Crippen LogP contribution < -0.4 is 4.74 Å². The quantitative estimate of drug-likeness (QED) is 0.885. The van der Waals surface area contributed by atoms with Crippen LogP contribution >= 0.6 is 0 Å². The maximum Gasteiger partial charge on any atom is 0.137 e. The maximum atomic E-state index is 9.77. The smallest absolute Gasteiger partial charge is 0.137 e. The van der Waals surface area contributed by atoms with Gasteiger partial charge >= 0.3 is 0 Å². The van der Waals surface area contributed by atoms with E-state index in [1.807, 2.05) is 35.0 Å². The van der Waals surface area contributed by atoms with Crippen molar-refractivity contribution in [3.05, 3.63) is 36.8 Å². The lowest BCUT2D eigenvalue weighted by Gasteiger charge is -2.12. The Kier molecular flexibility index (Phi) is 3.92. The first-order valence-corrected chi connectivity index (χ1v) is 6.83. The number of ether oxygens (including phenoxy) is 2. The van der Waals surface area contributed by atoms with Crippen LogP contribution in [-0.4, -0.2) is 45.7 Å². The van der Waals surface area contributed by atoms with Gasteiger partial charge in [0.15, 0.2) is 0 Å². The van der Waals surface area contributed by atoms with Crippen LogP contribution in [0.4, 0.5) is 0 Å². The van der Waals surface area contributed by atoms with Crippen molar-refractivity contribution in [3.63, 3.8) is 0 Å². The minimum absolute atomic E-state index is 0.183. The minimum atomic E-state index is -0.646. The molecule has 0 saturated carbocycles. The van der Waals surface area contributed by atoms with Crippen LogP contribution in [0.15, 0.2) is 36.8 Å². The second-order valence-electron chi connectivity index (χ2n) is 5.05. The van der Waals surface area contributed by atoms with Gasteiger partial charge in [0.2, 0.25) is 0 Å². The van der Waals surface area contributed by atoms with Crippen molar-refractivity contribution in [1.82, 2.24) is 9.55 Å². The lowest BCUT2D eigenvalue weighted by Crippen LogP contribution is -2.24. The highest BCUT2D eigenvalue weighted by Crippen LogP contribution is 2.30. The van der Waals surface area contributed by atoms with Gasteiger partial charge in [-0.05, 0) is 24.3 Å². The monoisotopic (exact) mass is 290 g/mol. The first-order valence-electron chi connectivity index (χ1n) is 6.83. The van der Waals surface area contributed by atoms with Gasteiger partial charge in [-0.1, -0.05) is 0 Å². The summed E-state index contributed by atoms with van der Waals surface area (Å²) in [5.74, 6) is 0.797. The molecule has 1 saturated heterocycles. The van der Waals surface area contributed by atoms with Gasteiger partial charge in [-0.2, -0.15) is 0 Å². The van der Waals surface area contributed by atoms with Gasteiger partial charge < -0.3 is 24.3 Å². The van der Waals surface area contributed by atoms with E-state index in [9.17, 15) is 5.11 Å². The summed E-state index contributed by atoms with van der Waals surface area (Å²) in [6, 6.07) is 7.64. The number of benzene rings is 1. The van der Waals surface area contributed by atoms with Crippen LogP contribution in [0.3, 0.4) is 0 Å². The Labute approximate surface area is 122 Å². The third-order valence-corrected chi connectivity index (χ3v) is 3.70. The number of hydrogen-bond acceptors (Lipinski definition) is 5. The molecule has 1 fully saturated rings. The molecule has 112 valence electrons. The Bertz CT molecular complexity index is 596. The fraction of sp³-hybridized carbons (Fsp3) is 0.400. The zero-order valence-corrected chi connectivity index (χ0v) is 11.7. The summed E-state index contributed by atoms with van der Waals surface area (Å²) in [7, 11) is 1.63. The van der Waals surface area contributed by atoms with Gasteiger partial charge in [-0.3, -0.25) is 0 Å². The largest absolute Gasteiger partial charge is 0.497 e. The third kappa shape index (κ3) is 2.78. The van der Waals surface area contributed by atoms with E-state index in [0.29, 0.717) is 6.42 Å². The number of aliphatic hydroxyl groups is 2. The second kappa shape index (κ2) is 5.85. The lowest BCUT2D eigenvalue weighted by molar-refractivity contribution is -0.0443. The number of aliphatic hydroxyl groups excluding tert-OH is 2. The van der Waals surface area contributed by atoms with Crippen LogP contribution in [0.5, 0.6) is 5.75 Å². The van der Waals surface area contributed by atoms with E-state index in [0.717, 1.165) is 17.0 Å². The Morgan fingerprint density at radius 2 is 2.14 bits per heavy atom. The molecule has 0 bridgehead atoms. The maximum absolute atomic E-state index is 9.77. The van der Waals surface area contributed by atoms with Crippen LogP contribution in [0.1, 0.15) is 12.6 Å². The molecule has 2 aromatic rings. The SMILES string of the molecule is COc1ccc(-c2cn([C@H]3C[C@H](O)[C@@H](CO)O3)cn2)cc1. The Hall–Kier alpha value is -1.89. The molecular formula is C15H18N2O4. The number of aromatic nitrogens is 2. The number of hydrogen-bond donors (Lipinski definition) is 2. The van der Waals surface area contributed by atoms with E-state index in [4.69, 9.17) is 14.6 Å². The lowest BCUT2D eigenvalue weighted by atomic mass is 10.1.